The van der Waals surface area contributed by atoms with E-state index in [0.29, 0.717) is 0 Å². The average Bonchev–Trinajstić information content (AvgIpc) is 2.60. The van der Waals surface area contributed by atoms with E-state index in [0.717, 1.165) is 13.2 Å². The van der Waals surface area contributed by atoms with Crippen molar-refractivity contribution in [1.82, 2.24) is 0 Å². The van der Waals surface area contributed by atoms with Gasteiger partial charge in [-0.05, 0) is 25.9 Å². The highest BCUT2D eigenvalue weighted by Crippen LogP contribution is 2.26. The summed E-state index contributed by atoms with van der Waals surface area (Å²) in [6.45, 7) is 10.5. The predicted molar refractivity (Wildman–Crippen MR) is 115 cm³/mol. The van der Waals surface area contributed by atoms with Gasteiger partial charge in [-0.2, -0.15) is 0 Å². The molecule has 25 heavy (non-hydrogen) atoms. The smallest absolute Gasteiger partial charge is 0.338 e. The highest BCUT2D eigenvalue weighted by atomic mass is 28.4. The van der Waals surface area contributed by atoms with Crippen LogP contribution in [-0.2, 0) is 8.85 Å². The van der Waals surface area contributed by atoms with Crippen molar-refractivity contribution in [3.05, 3.63) is 0 Å². The molecule has 0 aromatic rings. The lowest BCUT2D eigenvalue weighted by Gasteiger charge is -2.30. The molecule has 2 nitrogen and oxygen atoms in total. The van der Waals surface area contributed by atoms with Crippen molar-refractivity contribution in [2.24, 2.45) is 0 Å². The van der Waals surface area contributed by atoms with E-state index in [1.807, 2.05) is 0 Å². The van der Waals surface area contributed by atoms with Crippen LogP contribution in [0.15, 0.2) is 0 Å². The number of hydrogen-bond acceptors (Lipinski definition) is 2. The van der Waals surface area contributed by atoms with Crippen molar-refractivity contribution < 1.29 is 8.85 Å². The average molecular weight is 373 g/mol. The second-order valence-corrected chi connectivity index (χ2v) is 10.9. The molecule has 0 bridgehead atoms. The summed E-state index contributed by atoms with van der Waals surface area (Å²) in [6, 6.07) is 2.41. The molecule has 0 saturated heterocycles. The van der Waals surface area contributed by atoms with Gasteiger partial charge in [0, 0.05) is 13.2 Å². The summed E-state index contributed by atoms with van der Waals surface area (Å²) >= 11 is 0. The first kappa shape index (κ1) is 25.1. The molecule has 3 heteroatoms. The predicted octanol–water partition coefficient (Wildman–Crippen LogP) is 8.00. The molecule has 0 aliphatic heterocycles. The SMILES string of the molecule is CCCCCCCCCCC[Si](CCCCCCC)(OCC)OCC. The fraction of sp³-hybridized carbons (Fsp3) is 1.00. The molecule has 0 rings (SSSR count). The van der Waals surface area contributed by atoms with Crippen LogP contribution < -0.4 is 0 Å². The highest BCUT2D eigenvalue weighted by Gasteiger charge is 2.35. The summed E-state index contributed by atoms with van der Waals surface area (Å²) in [5.41, 5.74) is 0. The third-order valence-electron chi connectivity index (χ3n) is 5.14. The minimum atomic E-state index is -1.94. The van der Waals surface area contributed by atoms with E-state index in [1.165, 1.54) is 102 Å². The zero-order valence-electron chi connectivity index (χ0n) is 18.0. The maximum absolute atomic E-state index is 6.27. The maximum Gasteiger partial charge on any atom is 0.338 e. The van der Waals surface area contributed by atoms with E-state index >= 15 is 0 Å². The van der Waals surface area contributed by atoms with Crippen LogP contribution in [0.1, 0.15) is 118 Å². The van der Waals surface area contributed by atoms with Gasteiger partial charge in [0.15, 0.2) is 0 Å². The van der Waals surface area contributed by atoms with Gasteiger partial charge in [-0.25, -0.2) is 0 Å². The molecule has 0 fully saturated rings. The first-order valence-electron chi connectivity index (χ1n) is 11.5. The fourth-order valence-electron chi connectivity index (χ4n) is 3.68. The molecule has 0 heterocycles. The molecular weight excluding hydrogens is 324 g/mol. The first-order valence-corrected chi connectivity index (χ1v) is 13.8. The number of unbranched alkanes of at least 4 members (excludes halogenated alkanes) is 12. The van der Waals surface area contributed by atoms with Crippen LogP contribution in [0.4, 0.5) is 0 Å². The van der Waals surface area contributed by atoms with Gasteiger partial charge in [0.05, 0.1) is 0 Å². The molecule has 0 saturated carbocycles. The molecule has 0 unspecified atom stereocenters. The van der Waals surface area contributed by atoms with Gasteiger partial charge >= 0.3 is 8.56 Å². The Morgan fingerprint density at radius 3 is 1.08 bits per heavy atom. The molecule has 0 radical (unpaired) electrons. The molecule has 0 aliphatic rings. The van der Waals surface area contributed by atoms with Crippen molar-refractivity contribution in [3.8, 4) is 0 Å². The van der Waals surface area contributed by atoms with Crippen molar-refractivity contribution in [2.75, 3.05) is 13.2 Å². The van der Waals surface area contributed by atoms with E-state index in [2.05, 4.69) is 27.7 Å². The highest BCUT2D eigenvalue weighted by molar-refractivity contribution is 6.67. The Kier molecular flexibility index (Phi) is 19.0. The van der Waals surface area contributed by atoms with Gasteiger partial charge in [-0.1, -0.05) is 104 Å². The van der Waals surface area contributed by atoms with Crippen molar-refractivity contribution in [3.63, 3.8) is 0 Å². The molecule has 0 spiro atoms. The van der Waals surface area contributed by atoms with E-state index in [-0.39, 0.29) is 0 Å². The minimum absolute atomic E-state index is 0.818. The topological polar surface area (TPSA) is 18.5 Å². The lowest BCUT2D eigenvalue weighted by atomic mass is 10.1. The minimum Gasteiger partial charge on any atom is -0.394 e. The van der Waals surface area contributed by atoms with Gasteiger partial charge in [-0.15, -0.1) is 0 Å². The summed E-state index contributed by atoms with van der Waals surface area (Å²) in [5, 5.41) is 0. The number of hydrogen-bond donors (Lipinski definition) is 0. The lowest BCUT2D eigenvalue weighted by Crippen LogP contribution is -2.42. The van der Waals surface area contributed by atoms with E-state index < -0.39 is 8.56 Å². The van der Waals surface area contributed by atoms with Gasteiger partial charge in [0.1, 0.15) is 0 Å². The monoisotopic (exact) mass is 372 g/mol. The molecule has 0 N–H and O–H groups in total. The standard InChI is InChI=1S/C22H48O2Si/c1-5-9-11-13-14-15-16-18-20-22-25(23-7-3,24-8-4)21-19-17-12-10-6-2/h5-22H2,1-4H3. The fourth-order valence-corrected chi connectivity index (χ4v) is 7.22. The Morgan fingerprint density at radius 1 is 0.440 bits per heavy atom. The Labute approximate surface area is 160 Å². The van der Waals surface area contributed by atoms with Crippen LogP contribution in [0.25, 0.3) is 0 Å². The van der Waals surface area contributed by atoms with E-state index in [1.54, 1.807) is 0 Å². The van der Waals surface area contributed by atoms with Crippen LogP contribution in [0.2, 0.25) is 12.1 Å². The van der Waals surface area contributed by atoms with Crippen LogP contribution in [0.3, 0.4) is 0 Å². The maximum atomic E-state index is 6.27. The van der Waals surface area contributed by atoms with Crippen molar-refractivity contribution in [1.29, 1.82) is 0 Å². The van der Waals surface area contributed by atoms with Crippen LogP contribution >= 0.6 is 0 Å². The van der Waals surface area contributed by atoms with E-state index in [9.17, 15) is 0 Å². The van der Waals surface area contributed by atoms with Gasteiger partial charge in [-0.3, -0.25) is 0 Å². The lowest BCUT2D eigenvalue weighted by molar-refractivity contribution is 0.180. The normalized spacial score (nSPS) is 12.0. The van der Waals surface area contributed by atoms with Gasteiger partial charge in [0.25, 0.3) is 0 Å². The Hall–Kier alpha value is 0.137. The zero-order chi connectivity index (χ0) is 18.6. The van der Waals surface area contributed by atoms with Crippen molar-refractivity contribution in [2.45, 2.75) is 130 Å². The molecule has 0 aliphatic carbocycles. The molecule has 152 valence electrons. The third-order valence-corrected chi connectivity index (χ3v) is 9.00. The summed E-state index contributed by atoms with van der Waals surface area (Å²) < 4.78 is 12.5. The Bertz CT molecular complexity index is 252. The second kappa shape index (κ2) is 18.9. The Morgan fingerprint density at radius 2 is 0.760 bits per heavy atom. The first-order chi connectivity index (χ1) is 12.2. The summed E-state index contributed by atoms with van der Waals surface area (Å²) in [7, 11) is -1.94. The van der Waals surface area contributed by atoms with Gasteiger partial charge in [0.2, 0.25) is 0 Å². The van der Waals surface area contributed by atoms with Crippen LogP contribution in [0.5, 0.6) is 0 Å². The van der Waals surface area contributed by atoms with Crippen molar-refractivity contribution >= 4 is 8.56 Å². The largest absolute Gasteiger partial charge is 0.394 e. The van der Waals surface area contributed by atoms with Crippen LogP contribution in [-0.4, -0.2) is 21.8 Å². The molecule has 0 aromatic carbocycles. The molecule has 0 aromatic heterocycles. The van der Waals surface area contributed by atoms with Gasteiger partial charge < -0.3 is 8.85 Å². The van der Waals surface area contributed by atoms with Crippen LogP contribution in [0, 0.1) is 0 Å². The second-order valence-electron chi connectivity index (χ2n) is 7.52. The Balaban J connectivity index is 3.99. The molecule has 0 amide bonds. The number of rotatable bonds is 20. The summed E-state index contributed by atoms with van der Waals surface area (Å²) in [5.74, 6) is 0. The summed E-state index contributed by atoms with van der Waals surface area (Å²) in [4.78, 5) is 0. The quantitative estimate of drug-likeness (QED) is 0.159. The molecular formula is C22H48O2Si. The summed E-state index contributed by atoms with van der Waals surface area (Å²) in [6.07, 6.45) is 19.2. The molecule has 0 atom stereocenters. The zero-order valence-corrected chi connectivity index (χ0v) is 19.0. The van der Waals surface area contributed by atoms with E-state index in [4.69, 9.17) is 8.85 Å². The third kappa shape index (κ3) is 14.9.